The quantitative estimate of drug-likeness (QED) is 0.793. The van der Waals surface area contributed by atoms with E-state index in [1.807, 2.05) is 18.2 Å². The SMILES string of the molecule is Cc1cnc(C)n2cc(CC(=O)O)nc12. The van der Waals surface area contributed by atoms with Crippen LogP contribution in [0.25, 0.3) is 5.65 Å². The Bertz CT molecular complexity index is 492. The van der Waals surface area contributed by atoms with E-state index < -0.39 is 5.97 Å². The number of carboxylic acid groups (broad SMARTS) is 1. The van der Waals surface area contributed by atoms with Gasteiger partial charge in [-0.05, 0) is 13.8 Å². The van der Waals surface area contributed by atoms with Gasteiger partial charge in [-0.25, -0.2) is 9.97 Å². The smallest absolute Gasteiger partial charge is 0.309 e. The zero-order chi connectivity index (χ0) is 11.0. The maximum atomic E-state index is 10.6. The summed E-state index contributed by atoms with van der Waals surface area (Å²) in [6.45, 7) is 3.76. The third kappa shape index (κ3) is 1.68. The number of nitrogens with zero attached hydrogens (tertiary/aromatic N) is 3. The van der Waals surface area contributed by atoms with Gasteiger partial charge in [0, 0.05) is 18.0 Å². The van der Waals surface area contributed by atoms with Crippen LogP contribution in [0, 0.1) is 13.8 Å². The lowest BCUT2D eigenvalue weighted by Gasteiger charge is -1.99. The summed E-state index contributed by atoms with van der Waals surface area (Å²) in [5.74, 6) is -0.0681. The van der Waals surface area contributed by atoms with Gasteiger partial charge in [0.2, 0.25) is 0 Å². The van der Waals surface area contributed by atoms with E-state index in [9.17, 15) is 4.79 Å². The molecule has 0 amide bonds. The van der Waals surface area contributed by atoms with E-state index in [1.165, 1.54) is 0 Å². The maximum absolute atomic E-state index is 10.6. The summed E-state index contributed by atoms with van der Waals surface area (Å²) < 4.78 is 1.81. The Kier molecular flexibility index (Phi) is 2.15. The normalized spacial score (nSPS) is 10.8. The molecule has 5 heteroatoms. The van der Waals surface area contributed by atoms with E-state index >= 15 is 0 Å². The molecule has 78 valence electrons. The molecule has 0 aliphatic carbocycles. The Morgan fingerprint density at radius 3 is 2.87 bits per heavy atom. The molecule has 5 nitrogen and oxygen atoms in total. The molecule has 0 saturated heterocycles. The third-order valence-electron chi connectivity index (χ3n) is 2.23. The fourth-order valence-electron chi connectivity index (χ4n) is 1.50. The number of carboxylic acids is 1. The molecule has 2 aromatic rings. The minimum atomic E-state index is -0.873. The van der Waals surface area contributed by atoms with Crippen LogP contribution < -0.4 is 0 Å². The first-order chi connectivity index (χ1) is 7.08. The first-order valence-corrected chi connectivity index (χ1v) is 4.60. The minimum absolute atomic E-state index is 0.0550. The van der Waals surface area contributed by atoms with Crippen LogP contribution in [0.4, 0.5) is 0 Å². The molecule has 0 fully saturated rings. The molecule has 0 atom stereocenters. The van der Waals surface area contributed by atoms with Crippen molar-refractivity contribution in [1.29, 1.82) is 0 Å². The molecule has 2 aromatic heterocycles. The maximum Gasteiger partial charge on any atom is 0.309 e. The van der Waals surface area contributed by atoms with Crippen molar-refractivity contribution in [3.05, 3.63) is 29.5 Å². The number of rotatable bonds is 2. The van der Waals surface area contributed by atoms with Gasteiger partial charge >= 0.3 is 5.97 Å². The minimum Gasteiger partial charge on any atom is -0.481 e. The summed E-state index contributed by atoms with van der Waals surface area (Å²) in [6.07, 6.45) is 3.40. The Morgan fingerprint density at radius 1 is 1.53 bits per heavy atom. The number of aliphatic carboxylic acids is 1. The van der Waals surface area contributed by atoms with Gasteiger partial charge in [0.05, 0.1) is 12.1 Å². The summed E-state index contributed by atoms with van der Waals surface area (Å²) in [5.41, 5.74) is 2.28. The molecule has 2 heterocycles. The van der Waals surface area contributed by atoms with Crippen LogP contribution in [0.5, 0.6) is 0 Å². The van der Waals surface area contributed by atoms with E-state index in [0.717, 1.165) is 17.0 Å². The zero-order valence-electron chi connectivity index (χ0n) is 8.56. The monoisotopic (exact) mass is 205 g/mol. The van der Waals surface area contributed by atoms with Crippen molar-refractivity contribution in [3.63, 3.8) is 0 Å². The highest BCUT2D eigenvalue weighted by molar-refractivity contribution is 5.70. The van der Waals surface area contributed by atoms with Crippen molar-refractivity contribution in [2.45, 2.75) is 20.3 Å². The van der Waals surface area contributed by atoms with Crippen molar-refractivity contribution < 1.29 is 9.90 Å². The second-order valence-electron chi connectivity index (χ2n) is 3.48. The van der Waals surface area contributed by atoms with Gasteiger partial charge < -0.3 is 5.11 Å². The van der Waals surface area contributed by atoms with E-state index in [-0.39, 0.29) is 6.42 Å². The van der Waals surface area contributed by atoms with Crippen LogP contribution in [-0.2, 0) is 11.2 Å². The Morgan fingerprint density at radius 2 is 2.27 bits per heavy atom. The Hall–Kier alpha value is -1.91. The van der Waals surface area contributed by atoms with Crippen molar-refractivity contribution in [2.75, 3.05) is 0 Å². The zero-order valence-corrected chi connectivity index (χ0v) is 8.56. The van der Waals surface area contributed by atoms with Crippen LogP contribution in [0.2, 0.25) is 0 Å². The summed E-state index contributed by atoms with van der Waals surface area (Å²) in [4.78, 5) is 19.0. The first kappa shape index (κ1) is 9.64. The van der Waals surface area contributed by atoms with Crippen LogP contribution in [-0.4, -0.2) is 25.4 Å². The number of imidazole rings is 1. The lowest BCUT2D eigenvalue weighted by atomic mass is 10.3. The van der Waals surface area contributed by atoms with Crippen LogP contribution >= 0.6 is 0 Å². The van der Waals surface area contributed by atoms with E-state index in [4.69, 9.17) is 5.11 Å². The number of aromatic nitrogens is 3. The van der Waals surface area contributed by atoms with Gasteiger partial charge in [-0.3, -0.25) is 9.20 Å². The highest BCUT2D eigenvalue weighted by Crippen LogP contribution is 2.11. The molecule has 0 radical (unpaired) electrons. The van der Waals surface area contributed by atoms with Gasteiger partial charge in [-0.1, -0.05) is 0 Å². The molecular formula is C10H11N3O2. The van der Waals surface area contributed by atoms with E-state index in [1.54, 1.807) is 12.4 Å². The highest BCUT2D eigenvalue weighted by atomic mass is 16.4. The van der Waals surface area contributed by atoms with Crippen LogP contribution in [0.3, 0.4) is 0 Å². The van der Waals surface area contributed by atoms with Gasteiger partial charge in [0.25, 0.3) is 0 Å². The highest BCUT2D eigenvalue weighted by Gasteiger charge is 2.09. The summed E-state index contributed by atoms with van der Waals surface area (Å²) in [6, 6.07) is 0. The molecule has 0 aliphatic rings. The molecular weight excluding hydrogens is 194 g/mol. The number of hydrogen-bond acceptors (Lipinski definition) is 3. The average Bonchev–Trinajstić information content (AvgIpc) is 2.55. The van der Waals surface area contributed by atoms with Gasteiger partial charge in [-0.15, -0.1) is 0 Å². The van der Waals surface area contributed by atoms with Crippen molar-refractivity contribution in [1.82, 2.24) is 14.4 Å². The second-order valence-corrected chi connectivity index (χ2v) is 3.48. The average molecular weight is 205 g/mol. The van der Waals surface area contributed by atoms with Gasteiger partial charge in [0.15, 0.2) is 0 Å². The van der Waals surface area contributed by atoms with Crippen molar-refractivity contribution in [3.8, 4) is 0 Å². The van der Waals surface area contributed by atoms with Crippen molar-refractivity contribution in [2.24, 2.45) is 0 Å². The van der Waals surface area contributed by atoms with E-state index in [0.29, 0.717) is 5.69 Å². The van der Waals surface area contributed by atoms with Crippen molar-refractivity contribution >= 4 is 11.6 Å². The molecule has 1 N–H and O–H groups in total. The molecule has 0 aliphatic heterocycles. The third-order valence-corrected chi connectivity index (χ3v) is 2.23. The van der Waals surface area contributed by atoms with Gasteiger partial charge in [0.1, 0.15) is 11.5 Å². The second kappa shape index (κ2) is 3.34. The molecule has 2 rings (SSSR count). The standard InChI is InChI=1S/C10H11N3O2/c1-6-4-11-7(2)13-5-8(3-9(14)15)12-10(6)13/h4-5H,3H2,1-2H3,(H,14,15). The summed E-state index contributed by atoms with van der Waals surface area (Å²) in [7, 11) is 0. The number of hydrogen-bond donors (Lipinski definition) is 1. The Labute approximate surface area is 86.4 Å². The molecule has 0 bridgehead atoms. The lowest BCUT2D eigenvalue weighted by Crippen LogP contribution is -1.99. The first-order valence-electron chi connectivity index (χ1n) is 4.60. The molecule has 0 aromatic carbocycles. The fraction of sp³-hybridized carbons (Fsp3) is 0.300. The molecule has 0 spiro atoms. The summed E-state index contributed by atoms with van der Waals surface area (Å²) in [5, 5.41) is 8.67. The topological polar surface area (TPSA) is 67.5 Å². The van der Waals surface area contributed by atoms with E-state index in [2.05, 4.69) is 9.97 Å². The lowest BCUT2D eigenvalue weighted by molar-refractivity contribution is -0.136. The molecule has 0 saturated carbocycles. The Balaban J connectivity index is 2.59. The summed E-state index contributed by atoms with van der Waals surface area (Å²) >= 11 is 0. The number of aryl methyl sites for hydroxylation is 2. The molecule has 15 heavy (non-hydrogen) atoms. The largest absolute Gasteiger partial charge is 0.481 e. The van der Waals surface area contributed by atoms with Gasteiger partial charge in [-0.2, -0.15) is 0 Å². The predicted octanol–water partition coefficient (Wildman–Crippen LogP) is 0.973. The fourth-order valence-corrected chi connectivity index (χ4v) is 1.50. The number of carbonyl (C=O) groups is 1. The number of fused-ring (bicyclic) bond motifs is 1. The van der Waals surface area contributed by atoms with Crippen LogP contribution in [0.15, 0.2) is 12.4 Å². The van der Waals surface area contributed by atoms with Crippen LogP contribution in [0.1, 0.15) is 17.1 Å². The molecule has 0 unspecified atom stereocenters. The predicted molar refractivity (Wildman–Crippen MR) is 53.8 cm³/mol.